The lowest BCUT2D eigenvalue weighted by molar-refractivity contribution is -0.335. The van der Waals surface area contributed by atoms with Crippen molar-refractivity contribution < 1.29 is 37.4 Å². The van der Waals surface area contributed by atoms with Crippen LogP contribution in [0.5, 0.6) is 0 Å². The molecule has 2 aliphatic heterocycles. The zero-order chi connectivity index (χ0) is 33.2. The van der Waals surface area contributed by atoms with E-state index in [9.17, 15) is 4.79 Å². The Bertz CT molecular complexity index is 1180. The van der Waals surface area contributed by atoms with Gasteiger partial charge in [-0.3, -0.25) is 9.59 Å². The number of carbonyl (C=O) groups excluding carboxylic acids is 2. The molecule has 2 bridgehead atoms. The van der Waals surface area contributed by atoms with Gasteiger partial charge in [0.1, 0.15) is 24.3 Å². The van der Waals surface area contributed by atoms with Crippen LogP contribution in [0.3, 0.4) is 0 Å². The summed E-state index contributed by atoms with van der Waals surface area (Å²) in [5.74, 6) is -0.723. The van der Waals surface area contributed by atoms with Crippen LogP contribution in [0.25, 0.3) is 0 Å². The van der Waals surface area contributed by atoms with Crippen molar-refractivity contribution in [1.82, 2.24) is 0 Å². The first kappa shape index (κ1) is 35.4. The Morgan fingerprint density at radius 1 is 0.911 bits per heavy atom. The van der Waals surface area contributed by atoms with Gasteiger partial charge < -0.3 is 27.8 Å². The highest BCUT2D eigenvalue weighted by atomic mass is 28.4. The van der Waals surface area contributed by atoms with Crippen LogP contribution in [-0.4, -0.2) is 77.4 Å². The summed E-state index contributed by atoms with van der Waals surface area (Å²) < 4.78 is 40.9. The van der Waals surface area contributed by atoms with E-state index >= 15 is 4.79 Å². The Hall–Kier alpha value is -0.886. The molecule has 3 aliphatic carbocycles. The van der Waals surface area contributed by atoms with E-state index in [1.807, 2.05) is 0 Å². The molecule has 1 spiro atoms. The molecule has 8 atom stereocenters. The fraction of sp³-hybridized carbons (Fsp3) is 0.886. The van der Waals surface area contributed by atoms with Gasteiger partial charge in [0.2, 0.25) is 0 Å². The molecular formula is C35H60O8Si2. The molecule has 0 aromatic heterocycles. The summed E-state index contributed by atoms with van der Waals surface area (Å²) in [4.78, 5) is 28.1. The molecule has 0 aromatic rings. The number of esters is 1. The summed E-state index contributed by atoms with van der Waals surface area (Å²) in [5, 5.41) is 0. The zero-order valence-corrected chi connectivity index (χ0v) is 31.9. The van der Waals surface area contributed by atoms with Crippen molar-refractivity contribution in [1.29, 1.82) is 0 Å². The van der Waals surface area contributed by atoms with Crippen molar-refractivity contribution in [2.45, 2.75) is 167 Å². The van der Waals surface area contributed by atoms with Gasteiger partial charge in [-0.1, -0.05) is 61.0 Å². The molecule has 4 fully saturated rings. The molecule has 2 saturated carbocycles. The van der Waals surface area contributed by atoms with E-state index in [1.165, 1.54) is 12.5 Å². The number of Topliss-reactive ketones (excluding diaryl/α,β-unsaturated/α-hetero) is 1. The Kier molecular flexibility index (Phi) is 9.62. The highest BCUT2D eigenvalue weighted by molar-refractivity contribution is 6.74. The SMILES string of the molecule is CC[Si](CC)(CC)O[C@H]1C[C@@]23OCO[C@H]2C2[C@](C)(C(=O)CC(=C1C)C3(C)C)[C@@H](O[Si](CC)(CC)CC)C[C@H]1OC[C@@]21OC(C)=O. The fourth-order valence-electron chi connectivity index (χ4n) is 10.2. The van der Waals surface area contributed by atoms with Gasteiger partial charge >= 0.3 is 5.97 Å². The summed E-state index contributed by atoms with van der Waals surface area (Å²) in [6.45, 7) is 24.0. The largest absolute Gasteiger partial charge is 0.454 e. The van der Waals surface area contributed by atoms with E-state index in [2.05, 4.69) is 69.2 Å². The highest BCUT2D eigenvalue weighted by Crippen LogP contribution is 2.66. The fourth-order valence-corrected chi connectivity index (χ4v) is 16.0. The van der Waals surface area contributed by atoms with Gasteiger partial charge in [0.15, 0.2) is 22.2 Å². The maximum absolute atomic E-state index is 15.3. The average Bonchev–Trinajstić information content (AvgIpc) is 3.43. The number of carbonyl (C=O) groups is 2. The normalized spacial score (nSPS) is 39.3. The molecule has 2 heterocycles. The van der Waals surface area contributed by atoms with Crippen molar-refractivity contribution in [2.24, 2.45) is 16.7 Å². The summed E-state index contributed by atoms with van der Waals surface area (Å²) >= 11 is 0. The van der Waals surface area contributed by atoms with Crippen molar-refractivity contribution in [2.75, 3.05) is 13.4 Å². The lowest BCUT2D eigenvalue weighted by Gasteiger charge is -2.67. The van der Waals surface area contributed by atoms with Crippen LogP contribution in [0.2, 0.25) is 36.3 Å². The second-order valence-corrected chi connectivity index (χ2v) is 24.8. The van der Waals surface area contributed by atoms with Crippen molar-refractivity contribution in [3.63, 3.8) is 0 Å². The van der Waals surface area contributed by atoms with Crippen LogP contribution < -0.4 is 0 Å². The van der Waals surface area contributed by atoms with Gasteiger partial charge in [0.25, 0.3) is 0 Å². The number of hydrogen-bond acceptors (Lipinski definition) is 8. The Morgan fingerprint density at radius 2 is 1.49 bits per heavy atom. The van der Waals surface area contributed by atoms with Crippen LogP contribution in [0.1, 0.15) is 95.4 Å². The van der Waals surface area contributed by atoms with Crippen molar-refractivity contribution >= 4 is 28.4 Å². The minimum Gasteiger partial charge on any atom is -0.454 e. The van der Waals surface area contributed by atoms with Crippen LogP contribution in [0.15, 0.2) is 11.1 Å². The van der Waals surface area contributed by atoms with Gasteiger partial charge in [-0.05, 0) is 55.7 Å². The van der Waals surface area contributed by atoms with E-state index in [4.69, 9.17) is 27.8 Å². The zero-order valence-electron chi connectivity index (χ0n) is 29.9. The molecule has 1 unspecified atom stereocenters. The summed E-state index contributed by atoms with van der Waals surface area (Å²) in [6.07, 6.45) is 0.0398. The van der Waals surface area contributed by atoms with Gasteiger partial charge in [0, 0.05) is 37.5 Å². The predicted octanol–water partition coefficient (Wildman–Crippen LogP) is 7.33. The van der Waals surface area contributed by atoms with E-state index in [0.717, 1.165) is 41.8 Å². The summed E-state index contributed by atoms with van der Waals surface area (Å²) in [6, 6.07) is 6.07. The van der Waals surface area contributed by atoms with Crippen molar-refractivity contribution in [3.8, 4) is 0 Å². The molecule has 0 amide bonds. The molecule has 5 aliphatic rings. The number of ether oxygens (including phenoxy) is 4. The lowest BCUT2D eigenvalue weighted by atomic mass is 9.45. The van der Waals surface area contributed by atoms with E-state index in [1.54, 1.807) is 0 Å². The van der Waals surface area contributed by atoms with Gasteiger partial charge in [0.05, 0.1) is 30.3 Å². The second kappa shape index (κ2) is 12.2. The minimum absolute atomic E-state index is 0.122. The summed E-state index contributed by atoms with van der Waals surface area (Å²) in [7, 11) is -4.15. The molecule has 2 saturated heterocycles. The third-order valence-electron chi connectivity index (χ3n) is 13.8. The first-order chi connectivity index (χ1) is 21.1. The number of hydrogen-bond donors (Lipinski definition) is 0. The number of rotatable bonds is 11. The van der Waals surface area contributed by atoms with Crippen LogP contribution >= 0.6 is 0 Å². The molecule has 256 valence electrons. The molecule has 0 N–H and O–H groups in total. The number of fused-ring (bicyclic) bond motifs is 5. The molecule has 10 heteroatoms. The first-order valence-corrected chi connectivity index (χ1v) is 22.9. The maximum atomic E-state index is 15.3. The van der Waals surface area contributed by atoms with E-state index < -0.39 is 50.7 Å². The third-order valence-corrected chi connectivity index (χ3v) is 23.1. The topological polar surface area (TPSA) is 89.5 Å². The Balaban J connectivity index is 1.74. The molecule has 8 nitrogen and oxygen atoms in total. The van der Waals surface area contributed by atoms with Crippen LogP contribution in [0.4, 0.5) is 0 Å². The first-order valence-electron chi connectivity index (χ1n) is 17.8. The highest BCUT2D eigenvalue weighted by Gasteiger charge is 2.78. The smallest absolute Gasteiger partial charge is 0.303 e. The maximum Gasteiger partial charge on any atom is 0.303 e. The quantitative estimate of drug-likeness (QED) is 0.129. The molecule has 5 rings (SSSR count). The summed E-state index contributed by atoms with van der Waals surface area (Å²) in [5.41, 5.74) is -0.966. The van der Waals surface area contributed by atoms with Gasteiger partial charge in [-0.2, -0.15) is 0 Å². The van der Waals surface area contributed by atoms with Crippen LogP contribution in [0, 0.1) is 16.7 Å². The standard InChI is InChI=1S/C35H60O8Si2/c1-12-44(13-2,14-3)42-26-20-35-31(39-22-40-35)30-33(11,27(37)18-25(23(26)7)32(35,9)10)28(43-45(15-4,16-5)17-6)19-29-34(30,21-38-29)41-24(8)36/h26,28-31H,12-22H2,1-11H3/t26-,28-,29+,30?,31-,33+,34-,35+/m0/s1. The monoisotopic (exact) mass is 664 g/mol. The predicted molar refractivity (Wildman–Crippen MR) is 179 cm³/mol. The van der Waals surface area contributed by atoms with Crippen molar-refractivity contribution in [3.05, 3.63) is 11.1 Å². The average molecular weight is 665 g/mol. The molecule has 0 radical (unpaired) electrons. The molecule has 45 heavy (non-hydrogen) atoms. The van der Waals surface area contributed by atoms with Gasteiger partial charge in [-0.25, -0.2) is 0 Å². The second-order valence-electron chi connectivity index (χ2n) is 15.4. The minimum atomic E-state index is -2.14. The Labute approximate surface area is 273 Å². The molecular weight excluding hydrogens is 605 g/mol. The van der Waals surface area contributed by atoms with Crippen LogP contribution in [-0.2, 0) is 37.4 Å². The third kappa shape index (κ3) is 4.97. The van der Waals surface area contributed by atoms with E-state index in [-0.39, 0.29) is 43.5 Å². The molecule has 0 aromatic carbocycles. The Morgan fingerprint density at radius 3 is 2.00 bits per heavy atom. The van der Waals surface area contributed by atoms with E-state index in [0.29, 0.717) is 19.3 Å². The lowest BCUT2D eigenvalue weighted by Crippen LogP contribution is -2.80. The number of ketones is 1. The van der Waals surface area contributed by atoms with Gasteiger partial charge in [-0.15, -0.1) is 0 Å².